The average molecular weight is 369 g/mol. The van der Waals surface area contributed by atoms with Crippen LogP contribution in [0.1, 0.15) is 35.7 Å². The van der Waals surface area contributed by atoms with Gasteiger partial charge >= 0.3 is 0 Å². The second-order valence-electron chi connectivity index (χ2n) is 5.89. The van der Waals surface area contributed by atoms with Crippen molar-refractivity contribution in [3.05, 3.63) is 47.5 Å². The van der Waals surface area contributed by atoms with Gasteiger partial charge in [0, 0.05) is 18.4 Å². The number of benzene rings is 1. The van der Waals surface area contributed by atoms with E-state index in [1.54, 1.807) is 10.7 Å². The Bertz CT molecular complexity index is 938. The number of hydrogen-bond acceptors (Lipinski definition) is 6. The third kappa shape index (κ3) is 4.33. The normalized spacial score (nSPS) is 10.8. The van der Waals surface area contributed by atoms with Crippen molar-refractivity contribution in [2.75, 3.05) is 19.8 Å². The van der Waals surface area contributed by atoms with Crippen LogP contribution >= 0.6 is 0 Å². The summed E-state index contributed by atoms with van der Waals surface area (Å²) in [5.41, 5.74) is 1.91. The molecule has 0 radical (unpaired) electrons. The number of aryl methyl sites for hydroxylation is 1. The molecule has 0 unspecified atom stereocenters. The summed E-state index contributed by atoms with van der Waals surface area (Å²) in [6.45, 7) is 7.35. The number of fused-ring (bicyclic) bond motifs is 1. The van der Waals surface area contributed by atoms with Crippen LogP contribution in [0, 0.1) is 6.92 Å². The Morgan fingerprint density at radius 1 is 1.15 bits per heavy atom. The molecule has 142 valence electrons. The zero-order valence-corrected chi connectivity index (χ0v) is 15.7. The van der Waals surface area contributed by atoms with Crippen molar-refractivity contribution in [1.82, 2.24) is 24.9 Å². The van der Waals surface area contributed by atoms with E-state index < -0.39 is 0 Å². The second-order valence-corrected chi connectivity index (χ2v) is 5.89. The van der Waals surface area contributed by atoms with Crippen molar-refractivity contribution in [3.63, 3.8) is 0 Å². The molecule has 1 aromatic carbocycles. The van der Waals surface area contributed by atoms with Crippen molar-refractivity contribution >= 4 is 11.7 Å². The lowest BCUT2D eigenvalue weighted by atomic mass is 10.1. The molecule has 0 saturated carbocycles. The van der Waals surface area contributed by atoms with Crippen LogP contribution in [-0.4, -0.2) is 45.2 Å². The van der Waals surface area contributed by atoms with Crippen molar-refractivity contribution in [2.45, 2.75) is 27.2 Å². The molecule has 1 amide bonds. The van der Waals surface area contributed by atoms with Crippen LogP contribution < -0.4 is 14.8 Å². The number of hydrogen-bond donors (Lipinski definition) is 1. The molecule has 0 spiro atoms. The third-order valence-corrected chi connectivity index (χ3v) is 3.94. The quantitative estimate of drug-likeness (QED) is 0.655. The van der Waals surface area contributed by atoms with E-state index in [1.165, 1.54) is 0 Å². The molecule has 3 aromatic rings. The fourth-order valence-electron chi connectivity index (χ4n) is 2.65. The van der Waals surface area contributed by atoms with E-state index in [1.807, 2.05) is 45.0 Å². The molecule has 0 saturated heterocycles. The Labute approximate surface area is 157 Å². The summed E-state index contributed by atoms with van der Waals surface area (Å²) in [5, 5.41) is 7.04. The molecule has 0 aliphatic carbocycles. The van der Waals surface area contributed by atoms with E-state index in [0.717, 1.165) is 17.0 Å². The van der Waals surface area contributed by atoms with Gasteiger partial charge in [-0.15, -0.1) is 5.10 Å². The van der Waals surface area contributed by atoms with Crippen LogP contribution in [0.3, 0.4) is 0 Å². The highest BCUT2D eigenvalue weighted by Crippen LogP contribution is 2.28. The number of rotatable bonds is 8. The number of amides is 1. The summed E-state index contributed by atoms with van der Waals surface area (Å²) in [4.78, 5) is 20.6. The third-order valence-electron chi connectivity index (χ3n) is 3.94. The van der Waals surface area contributed by atoms with Gasteiger partial charge in [0.25, 0.3) is 11.7 Å². The number of ether oxygens (including phenoxy) is 2. The Morgan fingerprint density at radius 2 is 1.93 bits per heavy atom. The van der Waals surface area contributed by atoms with Gasteiger partial charge in [0.2, 0.25) is 5.82 Å². The number of nitrogens with one attached hydrogen (secondary N) is 1. The minimum absolute atomic E-state index is 0.110. The molecule has 0 aliphatic heterocycles. The number of carbonyl (C=O) groups excluding carboxylic acids is 1. The molecule has 8 heteroatoms. The number of carbonyl (C=O) groups is 1. The Kier molecular flexibility index (Phi) is 5.85. The molecule has 2 heterocycles. The van der Waals surface area contributed by atoms with Gasteiger partial charge in [-0.2, -0.15) is 4.98 Å². The summed E-state index contributed by atoms with van der Waals surface area (Å²) < 4.78 is 12.7. The first kappa shape index (κ1) is 18.6. The minimum Gasteiger partial charge on any atom is -0.490 e. The topological polar surface area (TPSA) is 90.6 Å². The Morgan fingerprint density at radius 3 is 2.67 bits per heavy atom. The summed E-state index contributed by atoms with van der Waals surface area (Å²) in [5.74, 6) is 1.64. The van der Waals surface area contributed by atoms with Crippen LogP contribution in [0.2, 0.25) is 0 Å². The van der Waals surface area contributed by atoms with Crippen molar-refractivity contribution in [3.8, 4) is 11.5 Å². The van der Waals surface area contributed by atoms with E-state index in [-0.39, 0.29) is 11.7 Å². The second kappa shape index (κ2) is 8.48. The van der Waals surface area contributed by atoms with Gasteiger partial charge in [-0.1, -0.05) is 6.07 Å². The highest BCUT2D eigenvalue weighted by Gasteiger charge is 2.14. The fourth-order valence-corrected chi connectivity index (χ4v) is 2.65. The van der Waals surface area contributed by atoms with Crippen LogP contribution in [0.4, 0.5) is 0 Å². The van der Waals surface area contributed by atoms with Gasteiger partial charge in [0.05, 0.1) is 13.2 Å². The average Bonchev–Trinajstić information content (AvgIpc) is 3.10. The summed E-state index contributed by atoms with van der Waals surface area (Å²) >= 11 is 0. The van der Waals surface area contributed by atoms with Crippen LogP contribution in [0.5, 0.6) is 11.5 Å². The predicted molar refractivity (Wildman–Crippen MR) is 100 cm³/mol. The van der Waals surface area contributed by atoms with Crippen molar-refractivity contribution in [1.29, 1.82) is 0 Å². The predicted octanol–water partition coefficient (Wildman–Crippen LogP) is 2.20. The molecular formula is C19H23N5O3. The first-order valence-electron chi connectivity index (χ1n) is 8.97. The highest BCUT2D eigenvalue weighted by molar-refractivity contribution is 5.90. The molecule has 8 nitrogen and oxygen atoms in total. The molecule has 1 N–H and O–H groups in total. The SMILES string of the molecule is CCOc1ccc(CCNC(=O)c2nc3nccc(C)n3n2)cc1OCC. The zero-order chi connectivity index (χ0) is 19.2. The maximum atomic E-state index is 12.3. The zero-order valence-electron chi connectivity index (χ0n) is 15.7. The van der Waals surface area contributed by atoms with Gasteiger partial charge in [-0.05, 0) is 51.0 Å². The van der Waals surface area contributed by atoms with Gasteiger partial charge in [0.1, 0.15) is 0 Å². The van der Waals surface area contributed by atoms with Crippen molar-refractivity contribution < 1.29 is 14.3 Å². The molecule has 27 heavy (non-hydrogen) atoms. The van der Waals surface area contributed by atoms with Gasteiger partial charge in [-0.3, -0.25) is 4.79 Å². The lowest BCUT2D eigenvalue weighted by Gasteiger charge is -2.12. The molecule has 0 fully saturated rings. The number of nitrogens with zero attached hydrogens (tertiary/aromatic N) is 4. The summed E-state index contributed by atoms with van der Waals surface area (Å²) in [7, 11) is 0. The molecular weight excluding hydrogens is 346 g/mol. The maximum absolute atomic E-state index is 12.3. The lowest BCUT2D eigenvalue weighted by Crippen LogP contribution is -2.26. The largest absolute Gasteiger partial charge is 0.490 e. The molecule has 3 rings (SSSR count). The monoisotopic (exact) mass is 369 g/mol. The van der Waals surface area contributed by atoms with E-state index in [4.69, 9.17) is 9.47 Å². The summed E-state index contributed by atoms with van der Waals surface area (Å²) in [6, 6.07) is 7.61. The lowest BCUT2D eigenvalue weighted by molar-refractivity contribution is 0.0944. The first-order valence-corrected chi connectivity index (χ1v) is 8.97. The van der Waals surface area contributed by atoms with Crippen LogP contribution in [-0.2, 0) is 6.42 Å². The Balaban J connectivity index is 1.62. The molecule has 0 aliphatic rings. The van der Waals surface area contributed by atoms with Crippen LogP contribution in [0.15, 0.2) is 30.5 Å². The van der Waals surface area contributed by atoms with E-state index >= 15 is 0 Å². The fraction of sp³-hybridized carbons (Fsp3) is 0.368. The van der Waals surface area contributed by atoms with E-state index in [2.05, 4.69) is 20.4 Å². The smallest absolute Gasteiger partial charge is 0.291 e. The number of aromatic nitrogens is 4. The summed E-state index contributed by atoms with van der Waals surface area (Å²) in [6.07, 6.45) is 2.30. The minimum atomic E-state index is -0.323. The molecule has 0 bridgehead atoms. The molecule has 0 atom stereocenters. The van der Waals surface area contributed by atoms with Crippen molar-refractivity contribution in [2.24, 2.45) is 0 Å². The maximum Gasteiger partial charge on any atom is 0.291 e. The Hall–Kier alpha value is -3.16. The van der Waals surface area contributed by atoms with E-state index in [9.17, 15) is 4.79 Å². The molecule has 2 aromatic heterocycles. The van der Waals surface area contributed by atoms with E-state index in [0.29, 0.717) is 37.7 Å². The van der Waals surface area contributed by atoms with Crippen LogP contribution in [0.25, 0.3) is 5.78 Å². The highest BCUT2D eigenvalue weighted by atomic mass is 16.5. The van der Waals surface area contributed by atoms with Gasteiger partial charge in [-0.25, -0.2) is 9.50 Å². The van der Waals surface area contributed by atoms with Gasteiger partial charge in [0.15, 0.2) is 11.5 Å². The standard InChI is InChI=1S/C19H23N5O3/c1-4-26-15-7-6-14(12-16(15)27-5-2)9-11-20-18(25)17-22-19-21-10-8-13(3)24(19)23-17/h6-8,10,12H,4-5,9,11H2,1-3H3,(H,20,25). The first-order chi connectivity index (χ1) is 13.1. The van der Waals surface area contributed by atoms with Gasteiger partial charge < -0.3 is 14.8 Å².